The van der Waals surface area contributed by atoms with Gasteiger partial charge in [0.25, 0.3) is 0 Å². The highest BCUT2D eigenvalue weighted by molar-refractivity contribution is 5.94. The molecule has 0 amide bonds. The molecule has 4 nitrogen and oxygen atoms in total. The molecule has 1 rings (SSSR count). The molecule has 0 spiro atoms. The van der Waals surface area contributed by atoms with Crippen molar-refractivity contribution in [3.05, 3.63) is 29.3 Å². The van der Waals surface area contributed by atoms with E-state index in [9.17, 15) is 13.6 Å². The third-order valence-corrected chi connectivity index (χ3v) is 2.17. The summed E-state index contributed by atoms with van der Waals surface area (Å²) in [7, 11) is 0. The molecule has 0 heterocycles. The van der Waals surface area contributed by atoms with E-state index in [0.717, 1.165) is 12.1 Å². The summed E-state index contributed by atoms with van der Waals surface area (Å²) in [6, 6.07) is 1.83. The van der Waals surface area contributed by atoms with E-state index in [1.54, 1.807) is 0 Å². The average molecular weight is 245 g/mol. The van der Waals surface area contributed by atoms with Gasteiger partial charge in [0.2, 0.25) is 0 Å². The molecule has 1 atom stereocenters. The zero-order valence-corrected chi connectivity index (χ0v) is 9.20. The Morgan fingerprint density at radius 3 is 2.35 bits per heavy atom. The van der Waals surface area contributed by atoms with Crippen molar-refractivity contribution in [1.29, 1.82) is 0 Å². The van der Waals surface area contributed by atoms with Crippen LogP contribution < -0.4 is 5.32 Å². The summed E-state index contributed by atoms with van der Waals surface area (Å²) >= 11 is 0. The van der Waals surface area contributed by atoms with E-state index in [1.165, 1.54) is 6.92 Å². The lowest BCUT2D eigenvalue weighted by atomic mass is 10.1. The fraction of sp³-hybridized carbons (Fsp3) is 0.364. The Kier molecular flexibility index (Phi) is 4.53. The second kappa shape index (κ2) is 5.70. The molecule has 1 aromatic rings. The Bertz CT molecular complexity index is 400. The number of ketones is 1. The van der Waals surface area contributed by atoms with Crippen molar-refractivity contribution in [1.82, 2.24) is 0 Å². The summed E-state index contributed by atoms with van der Waals surface area (Å²) < 4.78 is 26.9. The standard InChI is InChI=1S/C11H13F2NO3/c1-6(16)7-2-9(12)11(10(13)3-7)14-4-8(17)5-15/h2-3,8,14-15,17H,4-5H2,1H3. The van der Waals surface area contributed by atoms with Gasteiger partial charge in [-0.3, -0.25) is 4.79 Å². The topological polar surface area (TPSA) is 69.6 Å². The summed E-state index contributed by atoms with van der Waals surface area (Å²) in [6.45, 7) is 0.502. The number of anilines is 1. The summed E-state index contributed by atoms with van der Waals surface area (Å²) in [5, 5.41) is 19.9. The lowest BCUT2D eigenvalue weighted by molar-refractivity contribution is 0.101. The van der Waals surface area contributed by atoms with Crippen LogP contribution in [0.3, 0.4) is 0 Å². The van der Waals surface area contributed by atoms with Gasteiger partial charge in [0.15, 0.2) is 5.78 Å². The molecular weight excluding hydrogens is 232 g/mol. The summed E-state index contributed by atoms with van der Waals surface area (Å²) in [5.74, 6) is -2.27. The van der Waals surface area contributed by atoms with Gasteiger partial charge in [-0.1, -0.05) is 0 Å². The highest BCUT2D eigenvalue weighted by atomic mass is 19.1. The molecule has 1 aromatic carbocycles. The Morgan fingerprint density at radius 1 is 1.41 bits per heavy atom. The second-order valence-corrected chi connectivity index (χ2v) is 3.59. The largest absolute Gasteiger partial charge is 0.394 e. The van der Waals surface area contributed by atoms with Crippen molar-refractivity contribution >= 4 is 11.5 Å². The molecule has 0 fully saturated rings. The first-order chi connectivity index (χ1) is 7.95. The lowest BCUT2D eigenvalue weighted by Gasteiger charge is -2.12. The molecule has 0 aliphatic rings. The predicted octanol–water partition coefficient (Wildman–Crippen LogP) is 0.932. The van der Waals surface area contributed by atoms with E-state index >= 15 is 0 Å². The van der Waals surface area contributed by atoms with Crippen molar-refractivity contribution in [2.75, 3.05) is 18.5 Å². The number of aliphatic hydroxyl groups is 2. The molecule has 0 saturated carbocycles. The first-order valence-corrected chi connectivity index (χ1v) is 4.98. The number of carbonyl (C=O) groups is 1. The van der Waals surface area contributed by atoms with Crippen LogP contribution in [0.5, 0.6) is 0 Å². The fourth-order valence-electron chi connectivity index (χ4n) is 1.23. The third kappa shape index (κ3) is 3.47. The molecule has 0 saturated heterocycles. The van der Waals surface area contributed by atoms with E-state index in [4.69, 9.17) is 10.2 Å². The van der Waals surface area contributed by atoms with Crippen molar-refractivity contribution in [3.8, 4) is 0 Å². The van der Waals surface area contributed by atoms with Crippen LogP contribution in [0.15, 0.2) is 12.1 Å². The summed E-state index contributed by atoms with van der Waals surface area (Å²) in [5.41, 5.74) is -0.490. The Hall–Kier alpha value is -1.53. The molecular formula is C11H13F2NO3. The molecule has 3 N–H and O–H groups in total. The number of halogens is 2. The van der Waals surface area contributed by atoms with Crippen molar-refractivity contribution in [2.45, 2.75) is 13.0 Å². The van der Waals surface area contributed by atoms with Crippen LogP contribution >= 0.6 is 0 Å². The highest BCUT2D eigenvalue weighted by Crippen LogP contribution is 2.21. The van der Waals surface area contributed by atoms with Crippen LogP contribution in [-0.2, 0) is 0 Å². The Morgan fingerprint density at radius 2 is 1.94 bits per heavy atom. The molecule has 17 heavy (non-hydrogen) atoms. The van der Waals surface area contributed by atoms with Crippen molar-refractivity contribution in [3.63, 3.8) is 0 Å². The van der Waals surface area contributed by atoms with Gasteiger partial charge in [-0.15, -0.1) is 0 Å². The zero-order valence-electron chi connectivity index (χ0n) is 9.20. The molecule has 0 radical (unpaired) electrons. The molecule has 1 unspecified atom stereocenters. The molecule has 94 valence electrons. The molecule has 6 heteroatoms. The minimum atomic E-state index is -1.11. The maximum absolute atomic E-state index is 13.4. The number of aliphatic hydroxyl groups excluding tert-OH is 2. The SMILES string of the molecule is CC(=O)c1cc(F)c(NCC(O)CO)c(F)c1. The van der Waals surface area contributed by atoms with Gasteiger partial charge in [-0.2, -0.15) is 0 Å². The van der Waals surface area contributed by atoms with Crippen LogP contribution in [0.2, 0.25) is 0 Å². The Balaban J connectivity index is 2.90. The van der Waals surface area contributed by atoms with Gasteiger partial charge < -0.3 is 15.5 Å². The summed E-state index contributed by atoms with van der Waals surface area (Å²) in [6.07, 6.45) is -1.11. The Labute approximate surface area is 96.9 Å². The van der Waals surface area contributed by atoms with Gasteiger partial charge in [0.1, 0.15) is 17.3 Å². The minimum Gasteiger partial charge on any atom is -0.394 e. The van der Waals surface area contributed by atoms with Gasteiger partial charge in [0, 0.05) is 12.1 Å². The number of rotatable bonds is 5. The van der Waals surface area contributed by atoms with Crippen LogP contribution in [0.1, 0.15) is 17.3 Å². The normalized spacial score (nSPS) is 12.3. The molecule has 0 bridgehead atoms. The number of nitrogens with one attached hydrogen (secondary N) is 1. The smallest absolute Gasteiger partial charge is 0.160 e. The van der Waals surface area contributed by atoms with Gasteiger partial charge in [-0.25, -0.2) is 8.78 Å². The molecule has 0 aliphatic carbocycles. The van der Waals surface area contributed by atoms with Crippen molar-refractivity contribution < 1.29 is 23.8 Å². The number of benzene rings is 1. The van der Waals surface area contributed by atoms with E-state index in [0.29, 0.717) is 0 Å². The minimum absolute atomic E-state index is 0.0618. The zero-order chi connectivity index (χ0) is 13.0. The van der Waals surface area contributed by atoms with Crippen molar-refractivity contribution in [2.24, 2.45) is 0 Å². The average Bonchev–Trinajstić information content (AvgIpc) is 2.27. The highest BCUT2D eigenvalue weighted by Gasteiger charge is 2.14. The monoisotopic (exact) mass is 245 g/mol. The van der Waals surface area contributed by atoms with E-state index in [-0.39, 0.29) is 12.1 Å². The van der Waals surface area contributed by atoms with Crippen LogP contribution in [-0.4, -0.2) is 35.3 Å². The summed E-state index contributed by atoms with van der Waals surface area (Å²) in [4.78, 5) is 10.9. The van der Waals surface area contributed by atoms with Gasteiger partial charge >= 0.3 is 0 Å². The third-order valence-electron chi connectivity index (χ3n) is 2.17. The molecule has 0 aromatic heterocycles. The second-order valence-electron chi connectivity index (χ2n) is 3.59. The first kappa shape index (κ1) is 13.5. The van der Waals surface area contributed by atoms with Gasteiger partial charge in [-0.05, 0) is 19.1 Å². The van der Waals surface area contributed by atoms with E-state index < -0.39 is 35.8 Å². The van der Waals surface area contributed by atoms with Crippen LogP contribution in [0.4, 0.5) is 14.5 Å². The quantitative estimate of drug-likeness (QED) is 0.675. The fourth-order valence-corrected chi connectivity index (χ4v) is 1.23. The van der Waals surface area contributed by atoms with E-state index in [2.05, 4.69) is 5.32 Å². The van der Waals surface area contributed by atoms with Gasteiger partial charge in [0.05, 0.1) is 12.7 Å². The number of Topliss-reactive ketones (excluding diaryl/α,β-unsaturated/α-hetero) is 1. The van der Waals surface area contributed by atoms with Crippen LogP contribution in [0, 0.1) is 11.6 Å². The number of hydrogen-bond acceptors (Lipinski definition) is 4. The van der Waals surface area contributed by atoms with Crippen LogP contribution in [0.25, 0.3) is 0 Å². The maximum Gasteiger partial charge on any atom is 0.160 e. The number of hydrogen-bond donors (Lipinski definition) is 3. The lowest BCUT2D eigenvalue weighted by Crippen LogP contribution is -2.23. The maximum atomic E-state index is 13.4. The molecule has 0 aliphatic heterocycles. The first-order valence-electron chi connectivity index (χ1n) is 4.98. The van der Waals surface area contributed by atoms with E-state index in [1.807, 2.05) is 0 Å². The number of carbonyl (C=O) groups excluding carboxylic acids is 1. The predicted molar refractivity (Wildman–Crippen MR) is 57.9 cm³/mol.